The van der Waals surface area contributed by atoms with E-state index in [0.717, 1.165) is 57.1 Å². The molecule has 2 aliphatic rings. The van der Waals surface area contributed by atoms with Crippen molar-refractivity contribution >= 4 is 11.9 Å². The van der Waals surface area contributed by atoms with E-state index in [-0.39, 0.29) is 5.91 Å². The summed E-state index contributed by atoms with van der Waals surface area (Å²) < 4.78 is 0. The lowest BCUT2D eigenvalue weighted by Crippen LogP contribution is -2.50. The van der Waals surface area contributed by atoms with Crippen LogP contribution in [0, 0.1) is 5.92 Å². The van der Waals surface area contributed by atoms with Crippen LogP contribution >= 0.6 is 0 Å². The molecule has 3 rings (SSSR count). The van der Waals surface area contributed by atoms with E-state index < -0.39 is 0 Å². The average molecular weight is 345 g/mol. The number of carbonyl (C=O) groups is 1. The van der Waals surface area contributed by atoms with Crippen LogP contribution in [-0.4, -0.2) is 53.0 Å². The van der Waals surface area contributed by atoms with E-state index in [1.165, 1.54) is 12.8 Å². The lowest BCUT2D eigenvalue weighted by atomic mass is 9.89. The van der Waals surface area contributed by atoms with E-state index in [9.17, 15) is 4.79 Å². The van der Waals surface area contributed by atoms with Gasteiger partial charge in [-0.3, -0.25) is 4.79 Å². The summed E-state index contributed by atoms with van der Waals surface area (Å²) in [5.74, 6) is 1.66. The van der Waals surface area contributed by atoms with Crippen molar-refractivity contribution in [2.75, 3.05) is 31.1 Å². The van der Waals surface area contributed by atoms with Crippen LogP contribution in [0.4, 0.5) is 5.95 Å². The molecule has 0 aliphatic carbocycles. The number of rotatable bonds is 6. The first-order chi connectivity index (χ1) is 12.2. The highest BCUT2D eigenvalue weighted by atomic mass is 16.2. The van der Waals surface area contributed by atoms with Crippen LogP contribution in [-0.2, 0) is 11.3 Å². The minimum atomic E-state index is 0.280. The number of aromatic nitrogens is 2. The Bertz CT molecular complexity index is 555. The zero-order valence-corrected chi connectivity index (χ0v) is 15.6. The molecule has 0 spiro atoms. The summed E-state index contributed by atoms with van der Waals surface area (Å²) in [7, 11) is 0. The molecule has 1 aromatic rings. The van der Waals surface area contributed by atoms with Crippen LogP contribution in [0.5, 0.6) is 0 Å². The molecule has 6 heteroatoms. The number of nitrogens with one attached hydrogen (secondary N) is 1. The molecule has 1 N–H and O–H groups in total. The summed E-state index contributed by atoms with van der Waals surface area (Å²) in [6.07, 6.45) is 9.10. The maximum Gasteiger partial charge on any atom is 0.225 e. The number of carbonyl (C=O) groups excluding carboxylic acids is 1. The highest BCUT2D eigenvalue weighted by Gasteiger charge is 2.29. The first-order valence-electron chi connectivity index (χ1n) is 9.78. The summed E-state index contributed by atoms with van der Waals surface area (Å²) in [6.45, 7) is 8.85. The molecule has 2 fully saturated rings. The molecular formula is C19H31N5O. The van der Waals surface area contributed by atoms with Crippen molar-refractivity contribution in [3.63, 3.8) is 0 Å². The van der Waals surface area contributed by atoms with Gasteiger partial charge in [-0.15, -0.1) is 0 Å². The van der Waals surface area contributed by atoms with Crippen molar-refractivity contribution in [1.29, 1.82) is 0 Å². The predicted octanol–water partition coefficient (Wildman–Crippen LogP) is 2.20. The molecule has 2 aliphatic heterocycles. The number of nitrogens with zero attached hydrogens (tertiary/aromatic N) is 4. The van der Waals surface area contributed by atoms with Crippen molar-refractivity contribution in [2.24, 2.45) is 5.92 Å². The third kappa shape index (κ3) is 4.48. The van der Waals surface area contributed by atoms with E-state index in [1.54, 1.807) is 0 Å². The molecule has 0 saturated carbocycles. The fourth-order valence-electron chi connectivity index (χ4n) is 3.93. The largest absolute Gasteiger partial charge is 0.342 e. The number of likely N-dealkylation sites (tertiary alicyclic amines) is 1. The van der Waals surface area contributed by atoms with Gasteiger partial charge in [0.05, 0.1) is 0 Å². The topological polar surface area (TPSA) is 61.4 Å². The molecule has 0 radical (unpaired) electrons. The van der Waals surface area contributed by atoms with E-state index >= 15 is 0 Å². The van der Waals surface area contributed by atoms with Crippen LogP contribution in [0.2, 0.25) is 0 Å². The highest BCUT2D eigenvalue weighted by molar-refractivity contribution is 5.75. The quantitative estimate of drug-likeness (QED) is 0.856. The van der Waals surface area contributed by atoms with Gasteiger partial charge in [-0.25, -0.2) is 9.97 Å². The van der Waals surface area contributed by atoms with Crippen LogP contribution < -0.4 is 10.2 Å². The maximum atomic E-state index is 11.9. The van der Waals surface area contributed by atoms with Gasteiger partial charge >= 0.3 is 0 Å². The zero-order valence-electron chi connectivity index (χ0n) is 15.6. The summed E-state index contributed by atoms with van der Waals surface area (Å²) in [6, 6.07) is 0.462. The van der Waals surface area contributed by atoms with Crippen LogP contribution in [0.1, 0.15) is 51.5 Å². The zero-order chi connectivity index (χ0) is 17.6. The van der Waals surface area contributed by atoms with Gasteiger partial charge in [0.2, 0.25) is 11.9 Å². The average Bonchev–Trinajstić information content (AvgIpc) is 3.20. The Morgan fingerprint density at radius 3 is 2.56 bits per heavy atom. The van der Waals surface area contributed by atoms with E-state index in [1.807, 2.05) is 24.2 Å². The molecule has 1 aromatic heterocycles. The van der Waals surface area contributed by atoms with Crippen LogP contribution in [0.25, 0.3) is 0 Å². The normalized spacial score (nSPS) is 23.9. The second-order valence-corrected chi connectivity index (χ2v) is 7.22. The van der Waals surface area contributed by atoms with E-state index in [4.69, 9.17) is 0 Å². The predicted molar refractivity (Wildman–Crippen MR) is 99.4 cm³/mol. The molecule has 2 saturated heterocycles. The Morgan fingerprint density at radius 1 is 1.20 bits per heavy atom. The van der Waals surface area contributed by atoms with E-state index in [2.05, 4.69) is 27.1 Å². The minimum Gasteiger partial charge on any atom is -0.342 e. The number of anilines is 1. The van der Waals surface area contributed by atoms with Gasteiger partial charge in [-0.05, 0) is 25.2 Å². The fourth-order valence-corrected chi connectivity index (χ4v) is 3.93. The molecule has 25 heavy (non-hydrogen) atoms. The fraction of sp³-hybridized carbons (Fsp3) is 0.737. The first kappa shape index (κ1) is 18.1. The van der Waals surface area contributed by atoms with Crippen molar-refractivity contribution in [2.45, 2.75) is 58.5 Å². The van der Waals surface area contributed by atoms with Gasteiger partial charge in [-0.2, -0.15) is 0 Å². The Hall–Kier alpha value is -1.69. The van der Waals surface area contributed by atoms with Gasteiger partial charge in [0.1, 0.15) is 0 Å². The Labute approximate surface area is 151 Å². The lowest BCUT2D eigenvalue weighted by molar-refractivity contribution is -0.133. The Morgan fingerprint density at radius 2 is 1.92 bits per heavy atom. The molecule has 0 bridgehead atoms. The second kappa shape index (κ2) is 8.61. The molecule has 0 aromatic carbocycles. The van der Waals surface area contributed by atoms with Gasteiger partial charge in [0.25, 0.3) is 0 Å². The molecular weight excluding hydrogens is 314 g/mol. The Kier molecular flexibility index (Phi) is 6.24. The molecule has 2 atom stereocenters. The number of amides is 1. The maximum absolute atomic E-state index is 11.9. The monoisotopic (exact) mass is 345 g/mol. The Balaban J connectivity index is 1.51. The van der Waals surface area contributed by atoms with Crippen molar-refractivity contribution in [3.05, 3.63) is 18.0 Å². The molecule has 3 heterocycles. The molecule has 138 valence electrons. The second-order valence-electron chi connectivity index (χ2n) is 7.22. The highest BCUT2D eigenvalue weighted by Crippen LogP contribution is 2.21. The van der Waals surface area contributed by atoms with Crippen molar-refractivity contribution in [1.82, 2.24) is 20.2 Å². The van der Waals surface area contributed by atoms with Gasteiger partial charge < -0.3 is 15.1 Å². The van der Waals surface area contributed by atoms with Gasteiger partial charge in [-0.1, -0.05) is 20.3 Å². The third-order valence-corrected chi connectivity index (χ3v) is 5.56. The third-order valence-electron chi connectivity index (χ3n) is 5.56. The molecule has 0 unspecified atom stereocenters. The summed E-state index contributed by atoms with van der Waals surface area (Å²) >= 11 is 0. The number of hydrogen-bond acceptors (Lipinski definition) is 5. The summed E-state index contributed by atoms with van der Waals surface area (Å²) in [5, 5.41) is 3.67. The standard InChI is InChI=1S/C19H31N5O/c1-3-16-14-24(18(25)4-2)10-7-17(16)20-11-15-12-21-19(22-13-15)23-8-5-6-9-23/h12-13,16-17,20H,3-11,14H2,1-2H3/t16-,17-/m0/s1. The van der Waals surface area contributed by atoms with Gasteiger partial charge in [0.15, 0.2) is 0 Å². The number of hydrogen-bond donors (Lipinski definition) is 1. The summed E-state index contributed by atoms with van der Waals surface area (Å²) in [4.78, 5) is 25.3. The van der Waals surface area contributed by atoms with Crippen LogP contribution in [0.15, 0.2) is 12.4 Å². The summed E-state index contributed by atoms with van der Waals surface area (Å²) in [5.41, 5.74) is 1.13. The molecule has 1 amide bonds. The first-order valence-corrected chi connectivity index (χ1v) is 9.78. The molecule has 6 nitrogen and oxygen atoms in total. The van der Waals surface area contributed by atoms with Gasteiger partial charge in [0, 0.05) is 63.1 Å². The number of piperidine rings is 1. The lowest BCUT2D eigenvalue weighted by Gasteiger charge is -2.38. The smallest absolute Gasteiger partial charge is 0.225 e. The van der Waals surface area contributed by atoms with E-state index in [0.29, 0.717) is 18.4 Å². The van der Waals surface area contributed by atoms with Crippen LogP contribution in [0.3, 0.4) is 0 Å². The minimum absolute atomic E-state index is 0.280. The van der Waals surface area contributed by atoms with Crippen molar-refractivity contribution < 1.29 is 4.79 Å². The van der Waals surface area contributed by atoms with Crippen molar-refractivity contribution in [3.8, 4) is 0 Å². The SMILES string of the molecule is CCC(=O)N1CC[C@H](NCc2cnc(N3CCCC3)nc2)[C@@H](CC)C1.